The fraction of sp³-hybridized carbons (Fsp3) is 0.556. The molecule has 0 radical (unpaired) electrons. The first-order chi connectivity index (χ1) is 10.7. The van der Waals surface area contributed by atoms with Crippen molar-refractivity contribution in [2.75, 3.05) is 7.05 Å². The molecular formula is C18H26N2O3. The molecule has 1 aliphatic rings. The van der Waals surface area contributed by atoms with E-state index in [0.717, 1.165) is 0 Å². The van der Waals surface area contributed by atoms with Crippen LogP contribution in [0.15, 0.2) is 30.3 Å². The molecule has 0 saturated carbocycles. The largest absolute Gasteiger partial charge is 0.378 e. The van der Waals surface area contributed by atoms with Crippen molar-refractivity contribution in [1.29, 1.82) is 0 Å². The summed E-state index contributed by atoms with van der Waals surface area (Å²) in [6.07, 6.45) is -0.677. The zero-order valence-electron chi connectivity index (χ0n) is 14.5. The van der Waals surface area contributed by atoms with Crippen LogP contribution in [0.25, 0.3) is 0 Å². The van der Waals surface area contributed by atoms with Gasteiger partial charge in [0.2, 0.25) is 5.91 Å². The molecule has 1 aromatic carbocycles. The zero-order valence-corrected chi connectivity index (χ0v) is 14.5. The SMILES string of the molecule is CC(C)C[C@H]1C(=O)N(C)C(C)(C)N1C(=O)[C@@H](O)c1ccccc1. The van der Waals surface area contributed by atoms with Crippen molar-refractivity contribution in [2.24, 2.45) is 5.92 Å². The molecule has 126 valence electrons. The minimum Gasteiger partial charge on any atom is -0.378 e. The van der Waals surface area contributed by atoms with E-state index in [-0.39, 0.29) is 11.8 Å². The Kier molecular flexibility index (Phi) is 4.80. The first-order valence-corrected chi connectivity index (χ1v) is 8.01. The lowest BCUT2D eigenvalue weighted by Gasteiger charge is -2.38. The van der Waals surface area contributed by atoms with Crippen LogP contribution in [0.5, 0.6) is 0 Å². The quantitative estimate of drug-likeness (QED) is 0.925. The summed E-state index contributed by atoms with van der Waals surface area (Å²) in [7, 11) is 1.71. The van der Waals surface area contributed by atoms with Crippen LogP contribution in [0, 0.1) is 5.92 Å². The minimum absolute atomic E-state index is 0.0719. The summed E-state index contributed by atoms with van der Waals surface area (Å²) in [4.78, 5) is 28.7. The van der Waals surface area contributed by atoms with Crippen LogP contribution in [0.2, 0.25) is 0 Å². The summed E-state index contributed by atoms with van der Waals surface area (Å²) >= 11 is 0. The predicted molar refractivity (Wildman–Crippen MR) is 88.3 cm³/mol. The summed E-state index contributed by atoms with van der Waals surface area (Å²) in [5.74, 6) is -0.225. The molecule has 23 heavy (non-hydrogen) atoms. The van der Waals surface area contributed by atoms with Gasteiger partial charge >= 0.3 is 0 Å². The number of aliphatic hydroxyl groups excluding tert-OH is 1. The van der Waals surface area contributed by atoms with Gasteiger partial charge in [-0.3, -0.25) is 9.59 Å². The molecule has 2 atom stereocenters. The third-order valence-electron chi connectivity index (χ3n) is 4.62. The van der Waals surface area contributed by atoms with E-state index in [2.05, 4.69) is 0 Å². The molecule has 0 aliphatic carbocycles. The fourth-order valence-corrected chi connectivity index (χ4v) is 3.13. The normalized spacial score (nSPS) is 21.9. The number of likely N-dealkylation sites (N-methyl/N-ethyl adjacent to an activating group) is 1. The molecule has 5 nitrogen and oxygen atoms in total. The highest BCUT2D eigenvalue weighted by Crippen LogP contribution is 2.35. The van der Waals surface area contributed by atoms with Gasteiger partial charge in [-0.1, -0.05) is 44.2 Å². The smallest absolute Gasteiger partial charge is 0.258 e. The molecule has 1 aliphatic heterocycles. The van der Waals surface area contributed by atoms with Gasteiger partial charge in [0.05, 0.1) is 0 Å². The van der Waals surface area contributed by atoms with Crippen molar-refractivity contribution >= 4 is 11.8 Å². The van der Waals surface area contributed by atoms with Crippen molar-refractivity contribution in [3.8, 4) is 0 Å². The molecule has 5 heteroatoms. The molecule has 0 spiro atoms. The molecule has 1 saturated heterocycles. The monoisotopic (exact) mass is 318 g/mol. The van der Waals surface area contributed by atoms with E-state index < -0.39 is 23.7 Å². The Morgan fingerprint density at radius 2 is 1.83 bits per heavy atom. The van der Waals surface area contributed by atoms with Crippen molar-refractivity contribution < 1.29 is 14.7 Å². The van der Waals surface area contributed by atoms with Crippen LogP contribution in [0.1, 0.15) is 45.8 Å². The Balaban J connectivity index is 2.36. The number of hydrogen-bond donors (Lipinski definition) is 1. The van der Waals surface area contributed by atoms with Crippen molar-refractivity contribution in [2.45, 2.75) is 51.9 Å². The Hall–Kier alpha value is -1.88. The molecule has 0 unspecified atom stereocenters. The van der Waals surface area contributed by atoms with Gasteiger partial charge in [0.25, 0.3) is 5.91 Å². The number of rotatable bonds is 4. The number of carbonyl (C=O) groups is 2. The molecule has 0 bridgehead atoms. The first kappa shape index (κ1) is 17.5. The number of hydrogen-bond acceptors (Lipinski definition) is 3. The summed E-state index contributed by atoms with van der Waals surface area (Å²) in [6.45, 7) is 7.71. The van der Waals surface area contributed by atoms with Gasteiger partial charge in [-0.25, -0.2) is 0 Å². The van der Waals surface area contributed by atoms with E-state index in [0.29, 0.717) is 12.0 Å². The summed E-state index contributed by atoms with van der Waals surface area (Å²) in [6, 6.07) is 8.30. The zero-order chi connectivity index (χ0) is 17.4. The minimum atomic E-state index is -1.26. The van der Waals surface area contributed by atoms with Gasteiger partial charge in [0.1, 0.15) is 11.7 Å². The predicted octanol–water partition coefficient (Wildman–Crippen LogP) is 2.17. The second-order valence-corrected chi connectivity index (χ2v) is 7.06. The van der Waals surface area contributed by atoms with Crippen LogP contribution in [0.3, 0.4) is 0 Å². The lowest BCUT2D eigenvalue weighted by atomic mass is 10.00. The summed E-state index contributed by atoms with van der Waals surface area (Å²) < 4.78 is 0. The maximum atomic E-state index is 12.9. The molecule has 2 rings (SSSR count). The Labute approximate surface area is 137 Å². The van der Waals surface area contributed by atoms with Crippen LogP contribution < -0.4 is 0 Å². The second kappa shape index (κ2) is 6.32. The van der Waals surface area contributed by atoms with E-state index in [1.165, 1.54) is 0 Å². The number of amides is 2. The third kappa shape index (κ3) is 3.11. The summed E-state index contributed by atoms with van der Waals surface area (Å²) in [5.41, 5.74) is -0.220. The highest BCUT2D eigenvalue weighted by molar-refractivity contribution is 5.93. The van der Waals surface area contributed by atoms with Gasteiger partial charge in [0, 0.05) is 7.05 Å². The van der Waals surface area contributed by atoms with E-state index in [1.54, 1.807) is 41.1 Å². The van der Waals surface area contributed by atoms with Crippen molar-refractivity contribution in [3.63, 3.8) is 0 Å². The maximum absolute atomic E-state index is 12.9. The average Bonchev–Trinajstić information content (AvgIpc) is 2.67. The van der Waals surface area contributed by atoms with E-state index in [9.17, 15) is 14.7 Å². The number of aliphatic hydroxyl groups is 1. The Morgan fingerprint density at radius 3 is 2.35 bits per heavy atom. The third-order valence-corrected chi connectivity index (χ3v) is 4.62. The van der Waals surface area contributed by atoms with Gasteiger partial charge < -0.3 is 14.9 Å². The standard InChI is InChI=1S/C18H26N2O3/c1-12(2)11-14-16(22)19(5)18(3,4)20(14)17(23)15(21)13-9-7-6-8-10-13/h6-10,12,14-15,21H,11H2,1-5H3/t14-,15-/m0/s1. The lowest BCUT2D eigenvalue weighted by molar-refractivity contribution is -0.149. The second-order valence-electron chi connectivity index (χ2n) is 7.06. The van der Waals surface area contributed by atoms with Crippen molar-refractivity contribution in [1.82, 2.24) is 9.80 Å². The lowest BCUT2D eigenvalue weighted by Crippen LogP contribution is -2.53. The van der Waals surface area contributed by atoms with Crippen molar-refractivity contribution in [3.05, 3.63) is 35.9 Å². The van der Waals surface area contributed by atoms with Crippen LogP contribution in [-0.4, -0.2) is 45.5 Å². The fourth-order valence-electron chi connectivity index (χ4n) is 3.13. The molecule has 1 fully saturated rings. The molecule has 0 aromatic heterocycles. The van der Waals surface area contributed by atoms with E-state index >= 15 is 0 Å². The Morgan fingerprint density at radius 1 is 1.26 bits per heavy atom. The topological polar surface area (TPSA) is 60.9 Å². The molecule has 1 aromatic rings. The van der Waals surface area contributed by atoms with Crippen LogP contribution in [-0.2, 0) is 9.59 Å². The molecule has 2 amide bonds. The summed E-state index contributed by atoms with van der Waals surface area (Å²) in [5, 5.41) is 10.5. The van der Waals surface area contributed by atoms with Crippen LogP contribution in [0.4, 0.5) is 0 Å². The molecule has 1 heterocycles. The number of carbonyl (C=O) groups excluding carboxylic acids is 2. The van der Waals surface area contributed by atoms with E-state index in [4.69, 9.17) is 0 Å². The van der Waals surface area contributed by atoms with E-state index in [1.807, 2.05) is 33.8 Å². The highest BCUT2D eigenvalue weighted by atomic mass is 16.3. The molecular weight excluding hydrogens is 292 g/mol. The highest BCUT2D eigenvalue weighted by Gasteiger charge is 2.52. The van der Waals surface area contributed by atoms with Gasteiger partial charge in [-0.05, 0) is 31.7 Å². The van der Waals surface area contributed by atoms with Gasteiger partial charge in [0.15, 0.2) is 6.10 Å². The maximum Gasteiger partial charge on any atom is 0.258 e. The van der Waals surface area contributed by atoms with Gasteiger partial charge in [-0.2, -0.15) is 0 Å². The van der Waals surface area contributed by atoms with Crippen LogP contribution >= 0.6 is 0 Å². The average molecular weight is 318 g/mol. The number of benzene rings is 1. The first-order valence-electron chi connectivity index (χ1n) is 8.01. The number of nitrogens with zero attached hydrogens (tertiary/aromatic N) is 2. The van der Waals surface area contributed by atoms with Gasteiger partial charge in [-0.15, -0.1) is 0 Å². The molecule has 1 N–H and O–H groups in total. The Bertz CT molecular complexity index is 583.